The van der Waals surface area contributed by atoms with Crippen LogP contribution in [0.2, 0.25) is 5.02 Å². The van der Waals surface area contributed by atoms with Gasteiger partial charge in [-0.2, -0.15) is 4.98 Å². The van der Waals surface area contributed by atoms with Crippen LogP contribution in [0.4, 0.5) is 4.39 Å². The van der Waals surface area contributed by atoms with E-state index in [0.29, 0.717) is 0 Å². The maximum Gasteiger partial charge on any atom is 0.269 e. The lowest BCUT2D eigenvalue weighted by atomic mass is 10.1. The van der Waals surface area contributed by atoms with E-state index in [1.165, 1.54) is 18.2 Å². The number of rotatable bonds is 2. The number of benzene rings is 1. The van der Waals surface area contributed by atoms with Crippen LogP contribution in [0.1, 0.15) is 11.4 Å². The van der Waals surface area contributed by atoms with Crippen LogP contribution >= 0.6 is 27.5 Å². The maximum absolute atomic E-state index is 13.5. The second-order valence-corrected chi connectivity index (χ2v) is 4.73. The summed E-state index contributed by atoms with van der Waals surface area (Å²) in [5, 5.41) is 9.63. The Kier molecular flexibility index (Phi) is 3.68. The first kappa shape index (κ1) is 13.0. The molecule has 0 saturated carbocycles. The maximum atomic E-state index is 13.5. The molecule has 2 rings (SSSR count). The normalized spacial score (nSPS) is 10.6. The molecule has 0 aliphatic rings. The average molecular weight is 334 g/mol. The van der Waals surface area contributed by atoms with Crippen LogP contribution < -0.4 is 5.56 Å². The number of hydrogen-bond donors (Lipinski definition) is 2. The predicted molar refractivity (Wildman–Crippen MR) is 68.4 cm³/mol. The molecule has 0 fully saturated rings. The highest BCUT2D eigenvalue weighted by atomic mass is 79.9. The average Bonchev–Trinajstić information content (AvgIpc) is 2.31. The van der Waals surface area contributed by atoms with Crippen LogP contribution in [-0.2, 0) is 6.42 Å². The molecule has 4 nitrogen and oxygen atoms in total. The van der Waals surface area contributed by atoms with Gasteiger partial charge in [-0.15, -0.1) is 0 Å². The number of aromatic nitrogens is 2. The quantitative estimate of drug-likeness (QED) is 0.888. The van der Waals surface area contributed by atoms with Crippen molar-refractivity contribution in [1.82, 2.24) is 9.97 Å². The van der Waals surface area contributed by atoms with Gasteiger partial charge < -0.3 is 10.1 Å². The first-order chi connectivity index (χ1) is 8.49. The number of aromatic hydroxyl groups is 1. The topological polar surface area (TPSA) is 66.0 Å². The molecule has 0 unspecified atom stereocenters. The Labute approximate surface area is 115 Å². The molecule has 0 atom stereocenters. The van der Waals surface area contributed by atoms with E-state index < -0.39 is 17.3 Å². The molecule has 0 aliphatic heterocycles. The zero-order chi connectivity index (χ0) is 13.3. The molecule has 2 aromatic rings. The predicted octanol–water partition coefficient (Wildman–Crippen LogP) is 2.62. The summed E-state index contributed by atoms with van der Waals surface area (Å²) in [6, 6.07) is 4.28. The fourth-order valence-electron chi connectivity index (χ4n) is 1.44. The minimum absolute atomic E-state index is 0.0123. The number of halogens is 3. The van der Waals surface area contributed by atoms with Crippen molar-refractivity contribution in [1.29, 1.82) is 0 Å². The van der Waals surface area contributed by atoms with E-state index in [1.54, 1.807) is 0 Å². The molecule has 0 spiro atoms. The molecule has 0 saturated heterocycles. The number of aromatic amines is 1. The van der Waals surface area contributed by atoms with Crippen molar-refractivity contribution >= 4 is 27.5 Å². The smallest absolute Gasteiger partial charge is 0.269 e. The molecule has 1 aromatic heterocycles. The van der Waals surface area contributed by atoms with Gasteiger partial charge in [0.05, 0.1) is 0 Å². The van der Waals surface area contributed by atoms with Crippen LogP contribution in [0.3, 0.4) is 0 Å². The third kappa shape index (κ3) is 2.54. The number of H-pyrrole nitrogens is 1. The standard InChI is InChI=1S/C11H7BrClFN2O2/c12-9-10(17)15-8(16-11(9)18)4-5-6(13)2-1-3-7(5)14/h1-3H,4H2,(H2,15,16,17,18). The second-order valence-electron chi connectivity index (χ2n) is 3.53. The van der Waals surface area contributed by atoms with Crippen molar-refractivity contribution < 1.29 is 9.50 Å². The Morgan fingerprint density at radius 1 is 1.50 bits per heavy atom. The van der Waals surface area contributed by atoms with Crippen molar-refractivity contribution in [3.63, 3.8) is 0 Å². The lowest BCUT2D eigenvalue weighted by Crippen LogP contribution is -2.13. The van der Waals surface area contributed by atoms with Gasteiger partial charge in [-0.05, 0) is 28.1 Å². The fraction of sp³-hybridized carbons (Fsp3) is 0.0909. The van der Waals surface area contributed by atoms with Crippen molar-refractivity contribution in [2.45, 2.75) is 6.42 Å². The monoisotopic (exact) mass is 332 g/mol. The van der Waals surface area contributed by atoms with Crippen LogP contribution in [0.25, 0.3) is 0 Å². The van der Waals surface area contributed by atoms with Crippen LogP contribution in [-0.4, -0.2) is 15.1 Å². The number of hydrogen-bond acceptors (Lipinski definition) is 3. The summed E-state index contributed by atoms with van der Waals surface area (Å²) < 4.78 is 13.5. The second kappa shape index (κ2) is 5.07. The summed E-state index contributed by atoms with van der Waals surface area (Å²) in [6.07, 6.45) is -0.0123. The van der Waals surface area contributed by atoms with Gasteiger partial charge in [0.15, 0.2) is 0 Å². The zero-order valence-corrected chi connectivity index (χ0v) is 11.2. The molecular formula is C11H7BrClFN2O2. The van der Waals surface area contributed by atoms with Gasteiger partial charge in [0, 0.05) is 17.0 Å². The van der Waals surface area contributed by atoms with Gasteiger partial charge in [0.25, 0.3) is 5.56 Å². The Morgan fingerprint density at radius 3 is 2.83 bits per heavy atom. The molecule has 18 heavy (non-hydrogen) atoms. The van der Waals surface area contributed by atoms with Gasteiger partial charge >= 0.3 is 0 Å². The first-order valence-electron chi connectivity index (χ1n) is 4.89. The van der Waals surface area contributed by atoms with Gasteiger partial charge in [0.1, 0.15) is 16.1 Å². The van der Waals surface area contributed by atoms with Crippen molar-refractivity contribution in [3.8, 4) is 5.88 Å². The van der Waals surface area contributed by atoms with Crippen molar-refractivity contribution in [2.75, 3.05) is 0 Å². The molecule has 94 valence electrons. The molecule has 0 bridgehead atoms. The summed E-state index contributed by atoms with van der Waals surface area (Å²) in [7, 11) is 0. The van der Waals surface area contributed by atoms with Crippen LogP contribution in [0.5, 0.6) is 5.88 Å². The third-order valence-electron chi connectivity index (χ3n) is 2.30. The van der Waals surface area contributed by atoms with Crippen molar-refractivity contribution in [2.24, 2.45) is 0 Å². The lowest BCUT2D eigenvalue weighted by molar-refractivity contribution is 0.444. The highest BCUT2D eigenvalue weighted by Crippen LogP contribution is 2.22. The molecule has 7 heteroatoms. The first-order valence-corrected chi connectivity index (χ1v) is 6.06. The van der Waals surface area contributed by atoms with E-state index in [2.05, 4.69) is 25.9 Å². The van der Waals surface area contributed by atoms with Gasteiger partial charge in [-0.3, -0.25) is 4.79 Å². The van der Waals surface area contributed by atoms with Gasteiger partial charge in [-0.25, -0.2) is 4.39 Å². The Bertz CT molecular complexity index is 640. The van der Waals surface area contributed by atoms with Crippen molar-refractivity contribution in [3.05, 3.63) is 55.3 Å². The number of nitrogens with zero attached hydrogens (tertiary/aromatic N) is 1. The molecule has 1 aromatic carbocycles. The van der Waals surface area contributed by atoms with Gasteiger partial charge in [0.2, 0.25) is 5.88 Å². The van der Waals surface area contributed by atoms with Crippen LogP contribution in [0, 0.1) is 5.82 Å². The fourth-order valence-corrected chi connectivity index (χ4v) is 1.86. The van der Waals surface area contributed by atoms with E-state index in [4.69, 9.17) is 11.6 Å². The molecule has 2 N–H and O–H groups in total. The van der Waals surface area contributed by atoms with Crippen LogP contribution in [0.15, 0.2) is 27.5 Å². The Hall–Kier alpha value is -1.40. The van der Waals surface area contributed by atoms with E-state index in [-0.39, 0.29) is 27.3 Å². The summed E-state index contributed by atoms with van der Waals surface area (Å²) >= 11 is 8.73. The van der Waals surface area contributed by atoms with E-state index >= 15 is 0 Å². The highest BCUT2D eigenvalue weighted by molar-refractivity contribution is 9.10. The SMILES string of the molecule is O=c1[nH]c(Cc2c(F)cccc2Cl)nc(O)c1Br. The van der Waals surface area contributed by atoms with Gasteiger partial charge in [-0.1, -0.05) is 17.7 Å². The summed E-state index contributed by atoms with van der Waals surface area (Å²) in [5.74, 6) is -0.804. The minimum atomic E-state index is -0.537. The molecule has 1 heterocycles. The zero-order valence-electron chi connectivity index (χ0n) is 8.88. The molecule has 0 aliphatic carbocycles. The largest absolute Gasteiger partial charge is 0.492 e. The van der Waals surface area contributed by atoms with E-state index in [9.17, 15) is 14.3 Å². The van der Waals surface area contributed by atoms with E-state index in [0.717, 1.165) is 0 Å². The number of nitrogens with one attached hydrogen (secondary N) is 1. The third-order valence-corrected chi connectivity index (χ3v) is 3.37. The molecular weight excluding hydrogens is 326 g/mol. The van der Waals surface area contributed by atoms with E-state index in [1.807, 2.05) is 0 Å². The summed E-state index contributed by atoms with van der Waals surface area (Å²) in [4.78, 5) is 17.6. The summed E-state index contributed by atoms with van der Waals surface area (Å²) in [5.41, 5.74) is -0.325. The highest BCUT2D eigenvalue weighted by Gasteiger charge is 2.12. The summed E-state index contributed by atoms with van der Waals surface area (Å²) in [6.45, 7) is 0. The Morgan fingerprint density at radius 2 is 2.22 bits per heavy atom. The minimum Gasteiger partial charge on any atom is -0.492 e. The Balaban J connectivity index is 2.44. The molecule has 0 amide bonds. The lowest BCUT2D eigenvalue weighted by Gasteiger charge is -2.06. The molecule has 0 radical (unpaired) electrons.